The van der Waals surface area contributed by atoms with Gasteiger partial charge in [0, 0.05) is 29.9 Å². The molecule has 0 aliphatic heterocycles. The molecule has 0 spiro atoms. The predicted octanol–water partition coefficient (Wildman–Crippen LogP) is 1.65. The molecule has 0 unspecified atom stereocenters. The van der Waals surface area contributed by atoms with Crippen molar-refractivity contribution in [3.05, 3.63) is 42.0 Å². The topological polar surface area (TPSA) is 95.5 Å². The zero-order valence-electron chi connectivity index (χ0n) is 11.9. The van der Waals surface area contributed by atoms with Gasteiger partial charge in [-0.2, -0.15) is 0 Å². The molecule has 0 saturated carbocycles. The zero-order chi connectivity index (χ0) is 15.8. The average Bonchev–Trinajstić information content (AvgIpc) is 2.42. The maximum atomic E-state index is 11.9. The van der Waals surface area contributed by atoms with Crippen molar-refractivity contribution in [2.75, 3.05) is 11.9 Å². The fraction of sp³-hybridized carbons (Fsp3) is 0.267. The normalized spacial score (nSPS) is 10.6. The number of rotatable bonds is 6. The van der Waals surface area contributed by atoms with Crippen LogP contribution < -0.4 is 10.6 Å². The highest BCUT2D eigenvalue weighted by molar-refractivity contribution is 6.03. The summed E-state index contributed by atoms with van der Waals surface area (Å²) in [6.45, 7) is 4.55. The second-order valence-electron chi connectivity index (χ2n) is 4.85. The summed E-state index contributed by atoms with van der Waals surface area (Å²) in [6, 6.07) is 6.42. The van der Waals surface area contributed by atoms with Gasteiger partial charge in [-0.05, 0) is 24.1 Å². The van der Waals surface area contributed by atoms with Gasteiger partial charge in [-0.1, -0.05) is 19.9 Å². The van der Waals surface area contributed by atoms with Gasteiger partial charge in [0.25, 0.3) is 5.91 Å². The van der Waals surface area contributed by atoms with Crippen LogP contribution in [0.2, 0.25) is 0 Å². The summed E-state index contributed by atoms with van der Waals surface area (Å²) >= 11 is 0. The molecule has 0 bridgehead atoms. The van der Waals surface area contributed by atoms with E-state index in [4.69, 9.17) is 5.11 Å². The molecule has 1 rings (SSSR count). The summed E-state index contributed by atoms with van der Waals surface area (Å²) in [4.78, 5) is 33.6. The molecule has 0 saturated heterocycles. The van der Waals surface area contributed by atoms with E-state index in [1.54, 1.807) is 18.2 Å². The number of benzene rings is 1. The maximum absolute atomic E-state index is 11.9. The summed E-state index contributed by atoms with van der Waals surface area (Å²) < 4.78 is 0. The number of amides is 2. The molecular weight excluding hydrogens is 272 g/mol. The van der Waals surface area contributed by atoms with E-state index in [1.807, 2.05) is 13.8 Å². The van der Waals surface area contributed by atoms with Crippen molar-refractivity contribution in [2.24, 2.45) is 5.92 Å². The lowest BCUT2D eigenvalue weighted by molar-refractivity contribution is -0.131. The summed E-state index contributed by atoms with van der Waals surface area (Å²) in [5.41, 5.74) is 0.850. The lowest BCUT2D eigenvalue weighted by Gasteiger charge is -2.09. The van der Waals surface area contributed by atoms with Crippen molar-refractivity contribution < 1.29 is 19.5 Å². The van der Waals surface area contributed by atoms with Crippen LogP contribution in [0.3, 0.4) is 0 Å². The average molecular weight is 290 g/mol. The standard InChI is InChI=1S/C15H18N2O4/c1-10(2)9-16-15(21)11-4-3-5-12(8-11)17-13(18)6-7-14(19)20/h3-8,10H,9H2,1-2H3,(H,16,21)(H,17,18)(H,19,20). The van der Waals surface area contributed by atoms with Crippen LogP contribution in [0, 0.1) is 5.92 Å². The Kier molecular flexibility index (Phi) is 6.13. The van der Waals surface area contributed by atoms with Gasteiger partial charge < -0.3 is 15.7 Å². The van der Waals surface area contributed by atoms with Gasteiger partial charge >= 0.3 is 5.97 Å². The third-order valence-corrected chi connectivity index (χ3v) is 2.44. The largest absolute Gasteiger partial charge is 0.478 e. The van der Waals surface area contributed by atoms with Crippen molar-refractivity contribution in [3.8, 4) is 0 Å². The molecule has 112 valence electrons. The van der Waals surface area contributed by atoms with Crippen molar-refractivity contribution >= 4 is 23.5 Å². The molecule has 6 heteroatoms. The molecule has 0 fully saturated rings. The van der Waals surface area contributed by atoms with Crippen LogP contribution in [0.25, 0.3) is 0 Å². The van der Waals surface area contributed by atoms with Crippen LogP contribution >= 0.6 is 0 Å². The first-order chi connectivity index (χ1) is 9.88. The molecule has 0 atom stereocenters. The first kappa shape index (κ1) is 16.4. The molecule has 1 aromatic carbocycles. The Bertz CT molecular complexity index is 565. The van der Waals surface area contributed by atoms with Crippen LogP contribution in [0.1, 0.15) is 24.2 Å². The predicted molar refractivity (Wildman–Crippen MR) is 79.0 cm³/mol. The Morgan fingerprint density at radius 2 is 1.95 bits per heavy atom. The van der Waals surface area contributed by atoms with E-state index in [0.29, 0.717) is 23.7 Å². The van der Waals surface area contributed by atoms with E-state index < -0.39 is 11.9 Å². The summed E-state index contributed by atoms with van der Waals surface area (Å²) in [5.74, 6) is -1.65. The second kappa shape index (κ2) is 7.84. The number of hydrogen-bond donors (Lipinski definition) is 3. The molecule has 0 heterocycles. The van der Waals surface area contributed by atoms with E-state index in [-0.39, 0.29) is 5.91 Å². The molecule has 6 nitrogen and oxygen atoms in total. The van der Waals surface area contributed by atoms with Crippen molar-refractivity contribution in [3.63, 3.8) is 0 Å². The minimum Gasteiger partial charge on any atom is -0.478 e. The highest BCUT2D eigenvalue weighted by atomic mass is 16.4. The van der Waals surface area contributed by atoms with Gasteiger partial charge in [0.15, 0.2) is 0 Å². The Labute approximate surface area is 122 Å². The molecular formula is C15H18N2O4. The Hall–Kier alpha value is -2.63. The fourth-order valence-electron chi connectivity index (χ4n) is 1.47. The number of nitrogens with one attached hydrogen (secondary N) is 2. The molecule has 0 radical (unpaired) electrons. The number of carbonyl (C=O) groups excluding carboxylic acids is 2. The fourth-order valence-corrected chi connectivity index (χ4v) is 1.47. The van der Waals surface area contributed by atoms with E-state index >= 15 is 0 Å². The van der Waals surface area contributed by atoms with Crippen molar-refractivity contribution in [2.45, 2.75) is 13.8 Å². The number of carbonyl (C=O) groups is 3. The summed E-state index contributed by atoms with van der Waals surface area (Å²) in [6.07, 6.45) is 1.66. The Morgan fingerprint density at radius 1 is 1.24 bits per heavy atom. The van der Waals surface area contributed by atoms with Gasteiger partial charge in [-0.25, -0.2) is 4.79 Å². The lowest BCUT2D eigenvalue weighted by Crippen LogP contribution is -2.27. The van der Waals surface area contributed by atoms with Crippen LogP contribution in [-0.2, 0) is 9.59 Å². The highest BCUT2D eigenvalue weighted by Crippen LogP contribution is 2.11. The molecule has 0 aliphatic carbocycles. The molecule has 1 aromatic rings. The van der Waals surface area contributed by atoms with Gasteiger partial charge in [-0.15, -0.1) is 0 Å². The number of hydrogen-bond acceptors (Lipinski definition) is 3. The Morgan fingerprint density at radius 3 is 2.57 bits per heavy atom. The molecule has 2 amide bonds. The zero-order valence-corrected chi connectivity index (χ0v) is 11.9. The number of aliphatic carboxylic acids is 1. The van der Waals surface area contributed by atoms with Crippen molar-refractivity contribution in [1.29, 1.82) is 0 Å². The molecule has 0 aliphatic rings. The van der Waals surface area contributed by atoms with Gasteiger partial charge in [0.2, 0.25) is 5.91 Å². The number of anilines is 1. The molecule has 3 N–H and O–H groups in total. The smallest absolute Gasteiger partial charge is 0.328 e. The SMILES string of the molecule is CC(C)CNC(=O)c1cccc(NC(=O)C=CC(=O)O)c1. The number of carboxylic acids is 1. The van der Waals surface area contributed by atoms with Gasteiger partial charge in [0.1, 0.15) is 0 Å². The van der Waals surface area contributed by atoms with Crippen LogP contribution in [0.5, 0.6) is 0 Å². The first-order valence-corrected chi connectivity index (χ1v) is 6.48. The third-order valence-electron chi connectivity index (χ3n) is 2.44. The second-order valence-corrected chi connectivity index (χ2v) is 4.85. The number of carboxylic acid groups (broad SMARTS) is 1. The van der Waals surface area contributed by atoms with E-state index in [1.165, 1.54) is 6.07 Å². The van der Waals surface area contributed by atoms with Gasteiger partial charge in [-0.3, -0.25) is 9.59 Å². The molecule has 21 heavy (non-hydrogen) atoms. The van der Waals surface area contributed by atoms with Crippen molar-refractivity contribution in [1.82, 2.24) is 5.32 Å². The monoisotopic (exact) mass is 290 g/mol. The Balaban J connectivity index is 2.70. The third kappa shape index (κ3) is 6.38. The van der Waals surface area contributed by atoms with Crippen LogP contribution in [-0.4, -0.2) is 29.4 Å². The summed E-state index contributed by atoms with van der Waals surface area (Å²) in [7, 11) is 0. The van der Waals surface area contributed by atoms with E-state index in [2.05, 4.69) is 10.6 Å². The lowest BCUT2D eigenvalue weighted by atomic mass is 10.1. The van der Waals surface area contributed by atoms with E-state index in [0.717, 1.165) is 12.2 Å². The van der Waals surface area contributed by atoms with Gasteiger partial charge in [0.05, 0.1) is 0 Å². The minimum atomic E-state index is -1.20. The minimum absolute atomic E-state index is 0.221. The first-order valence-electron chi connectivity index (χ1n) is 6.48. The summed E-state index contributed by atoms with van der Waals surface area (Å²) in [5, 5.41) is 13.7. The van der Waals surface area contributed by atoms with E-state index in [9.17, 15) is 14.4 Å². The highest BCUT2D eigenvalue weighted by Gasteiger charge is 2.07. The maximum Gasteiger partial charge on any atom is 0.328 e. The molecule has 0 aromatic heterocycles. The quantitative estimate of drug-likeness (QED) is 0.694. The van der Waals surface area contributed by atoms with Crippen LogP contribution in [0.4, 0.5) is 5.69 Å². The van der Waals surface area contributed by atoms with Crippen LogP contribution in [0.15, 0.2) is 36.4 Å².